The van der Waals surface area contributed by atoms with Crippen LogP contribution in [-0.2, 0) is 23.0 Å². The average Bonchev–Trinajstić information content (AvgIpc) is 3.08. The Morgan fingerprint density at radius 2 is 1.24 bits per heavy atom. The summed E-state index contributed by atoms with van der Waals surface area (Å²) in [5, 5.41) is 0. The van der Waals surface area contributed by atoms with Crippen molar-refractivity contribution in [1.82, 2.24) is 0 Å². The van der Waals surface area contributed by atoms with E-state index >= 15 is 0 Å². The molecule has 1 heterocycles. The fourth-order valence-electron chi connectivity index (χ4n) is 5.77. The molecule has 3 aliphatic carbocycles. The van der Waals surface area contributed by atoms with Gasteiger partial charge in [-0.05, 0) is 34.4 Å². The SMILES string of the molecule is CC(=O)Oc1cccc(N2C(=O)[C@@H]3[C@@H](C2=O)C2(Br)c4ccccc4C3(Br)c3ccccc32)c1. The molecule has 3 aromatic carbocycles. The number of rotatable bonds is 2. The Kier molecular flexibility index (Phi) is 4.33. The summed E-state index contributed by atoms with van der Waals surface area (Å²) in [4.78, 5) is 40.6. The summed E-state index contributed by atoms with van der Waals surface area (Å²) in [6.45, 7) is 1.31. The molecule has 7 rings (SSSR count). The summed E-state index contributed by atoms with van der Waals surface area (Å²) in [7, 11) is 0. The Bertz CT molecular complexity index is 1260. The van der Waals surface area contributed by atoms with E-state index in [4.69, 9.17) is 4.74 Å². The summed E-state index contributed by atoms with van der Waals surface area (Å²) in [5.41, 5.74) is 4.33. The van der Waals surface area contributed by atoms with Crippen LogP contribution >= 0.6 is 31.9 Å². The van der Waals surface area contributed by atoms with E-state index < -0.39 is 26.5 Å². The number of carbonyl (C=O) groups excluding carboxylic acids is 3. The van der Waals surface area contributed by atoms with Crippen molar-refractivity contribution in [1.29, 1.82) is 0 Å². The van der Waals surface area contributed by atoms with Crippen LogP contribution in [0.2, 0.25) is 0 Å². The van der Waals surface area contributed by atoms with Gasteiger partial charge in [0.05, 0.1) is 26.2 Å². The molecule has 7 heteroatoms. The molecule has 33 heavy (non-hydrogen) atoms. The number of benzene rings is 3. The molecular formula is C26H17Br2NO4. The van der Waals surface area contributed by atoms with Crippen molar-refractivity contribution in [3.8, 4) is 5.75 Å². The van der Waals surface area contributed by atoms with Crippen LogP contribution in [0.4, 0.5) is 5.69 Å². The van der Waals surface area contributed by atoms with E-state index in [1.54, 1.807) is 24.3 Å². The minimum absolute atomic E-state index is 0.283. The van der Waals surface area contributed by atoms with Gasteiger partial charge < -0.3 is 4.74 Å². The molecule has 5 nitrogen and oxygen atoms in total. The molecule has 1 saturated heterocycles. The first kappa shape index (κ1) is 20.8. The number of carbonyl (C=O) groups is 3. The molecule has 1 fully saturated rings. The molecule has 0 radical (unpaired) electrons. The molecule has 0 spiro atoms. The second-order valence-corrected chi connectivity index (χ2v) is 11.1. The predicted octanol–water partition coefficient (Wildman–Crippen LogP) is 5.02. The Hall–Kier alpha value is -2.77. The lowest BCUT2D eigenvalue weighted by molar-refractivity contribution is -0.132. The Balaban J connectivity index is 1.58. The Morgan fingerprint density at radius 3 is 1.67 bits per heavy atom. The minimum atomic E-state index is -0.838. The zero-order valence-corrected chi connectivity index (χ0v) is 20.6. The van der Waals surface area contributed by atoms with E-state index in [9.17, 15) is 14.4 Å². The third-order valence-electron chi connectivity index (χ3n) is 6.92. The molecule has 0 unspecified atom stereocenters. The summed E-state index contributed by atoms with van der Waals surface area (Å²) >= 11 is 7.97. The molecule has 4 aliphatic rings. The lowest BCUT2D eigenvalue weighted by Gasteiger charge is -2.55. The first-order valence-corrected chi connectivity index (χ1v) is 12.1. The maximum atomic E-state index is 14.0. The maximum absolute atomic E-state index is 14.0. The summed E-state index contributed by atoms with van der Waals surface area (Å²) in [6.07, 6.45) is 0. The lowest BCUT2D eigenvalue weighted by Crippen LogP contribution is -2.56. The zero-order valence-electron chi connectivity index (χ0n) is 17.4. The minimum Gasteiger partial charge on any atom is -0.427 e. The predicted molar refractivity (Wildman–Crippen MR) is 130 cm³/mol. The van der Waals surface area contributed by atoms with E-state index in [1.807, 2.05) is 48.5 Å². The van der Waals surface area contributed by atoms with Crippen molar-refractivity contribution in [2.45, 2.75) is 15.6 Å². The number of amides is 2. The van der Waals surface area contributed by atoms with Gasteiger partial charge in [0.1, 0.15) is 5.75 Å². The van der Waals surface area contributed by atoms with Crippen LogP contribution in [0.5, 0.6) is 5.75 Å². The van der Waals surface area contributed by atoms with Gasteiger partial charge >= 0.3 is 5.97 Å². The van der Waals surface area contributed by atoms with Gasteiger partial charge in [-0.2, -0.15) is 0 Å². The van der Waals surface area contributed by atoms with Gasteiger partial charge in [0.25, 0.3) is 0 Å². The summed E-state index contributed by atoms with van der Waals surface area (Å²) in [5.74, 6) is -2.04. The fraction of sp³-hybridized carbons (Fsp3) is 0.192. The van der Waals surface area contributed by atoms with Crippen LogP contribution in [0, 0.1) is 11.8 Å². The van der Waals surface area contributed by atoms with Gasteiger partial charge in [-0.3, -0.25) is 14.4 Å². The summed E-state index contributed by atoms with van der Waals surface area (Å²) < 4.78 is 3.52. The fourth-order valence-corrected chi connectivity index (χ4v) is 8.08. The van der Waals surface area contributed by atoms with E-state index in [0.29, 0.717) is 5.69 Å². The van der Waals surface area contributed by atoms with Crippen LogP contribution < -0.4 is 9.64 Å². The zero-order chi connectivity index (χ0) is 23.1. The molecule has 0 aromatic heterocycles. The van der Waals surface area contributed by atoms with E-state index in [1.165, 1.54) is 11.8 Å². The molecule has 164 valence electrons. The number of nitrogens with zero attached hydrogens (tertiary/aromatic N) is 1. The highest BCUT2D eigenvalue weighted by Gasteiger charge is 2.72. The highest BCUT2D eigenvalue weighted by molar-refractivity contribution is 9.10. The first-order valence-electron chi connectivity index (χ1n) is 10.5. The standard InChI is InChI=1S/C26H17Br2NO4/c1-14(30)33-16-8-6-7-15(13-16)29-23(31)21-22(24(29)32)26(28)18-10-3-2-9-17(18)25(21,27)19-11-4-5-12-20(19)26/h2-13,21-22H,1H3/t21-,22-,25?,26?/m0/s1. The quantitative estimate of drug-likeness (QED) is 0.189. The molecule has 2 amide bonds. The average molecular weight is 567 g/mol. The Morgan fingerprint density at radius 1 is 0.788 bits per heavy atom. The smallest absolute Gasteiger partial charge is 0.308 e. The van der Waals surface area contributed by atoms with Crippen LogP contribution in [0.3, 0.4) is 0 Å². The molecule has 0 N–H and O–H groups in total. The number of ether oxygens (including phenoxy) is 1. The first-order chi connectivity index (χ1) is 15.8. The molecule has 3 aromatic rings. The van der Waals surface area contributed by atoms with Crippen molar-refractivity contribution in [3.63, 3.8) is 0 Å². The highest BCUT2D eigenvalue weighted by Crippen LogP contribution is 2.70. The van der Waals surface area contributed by atoms with E-state index in [0.717, 1.165) is 22.3 Å². The van der Waals surface area contributed by atoms with Gasteiger partial charge in [-0.25, -0.2) is 4.90 Å². The molecule has 2 bridgehead atoms. The van der Waals surface area contributed by atoms with Crippen molar-refractivity contribution in [3.05, 3.63) is 95.1 Å². The van der Waals surface area contributed by atoms with Crippen LogP contribution in [0.15, 0.2) is 72.8 Å². The number of esters is 1. The number of anilines is 1. The molecule has 2 atom stereocenters. The number of imide groups is 1. The van der Waals surface area contributed by atoms with Gasteiger partial charge in [0.15, 0.2) is 0 Å². The second kappa shape index (κ2) is 6.87. The monoisotopic (exact) mass is 565 g/mol. The molecule has 1 aliphatic heterocycles. The third kappa shape index (κ3) is 2.49. The van der Waals surface area contributed by atoms with Crippen LogP contribution in [0.25, 0.3) is 0 Å². The van der Waals surface area contributed by atoms with Crippen molar-refractivity contribution >= 4 is 55.3 Å². The van der Waals surface area contributed by atoms with Crippen LogP contribution in [0.1, 0.15) is 29.2 Å². The molecular weight excluding hydrogens is 550 g/mol. The maximum Gasteiger partial charge on any atom is 0.308 e. The largest absolute Gasteiger partial charge is 0.427 e. The summed E-state index contributed by atoms with van der Waals surface area (Å²) in [6, 6.07) is 22.4. The topological polar surface area (TPSA) is 63.7 Å². The van der Waals surface area contributed by atoms with Crippen molar-refractivity contribution in [2.75, 3.05) is 4.90 Å². The van der Waals surface area contributed by atoms with E-state index in [-0.39, 0.29) is 17.6 Å². The number of hydrogen-bond donors (Lipinski definition) is 0. The normalized spacial score (nSPS) is 28.9. The second-order valence-electron chi connectivity index (χ2n) is 8.57. The van der Waals surface area contributed by atoms with Crippen LogP contribution in [-0.4, -0.2) is 17.8 Å². The van der Waals surface area contributed by atoms with Crippen molar-refractivity contribution < 1.29 is 19.1 Å². The van der Waals surface area contributed by atoms with Crippen molar-refractivity contribution in [2.24, 2.45) is 11.8 Å². The third-order valence-corrected chi connectivity index (χ3v) is 9.62. The number of halogens is 2. The van der Waals surface area contributed by atoms with Gasteiger partial charge in [0, 0.05) is 13.0 Å². The number of alkyl halides is 2. The highest BCUT2D eigenvalue weighted by atomic mass is 79.9. The van der Waals surface area contributed by atoms with Gasteiger partial charge in [0.2, 0.25) is 11.8 Å². The Labute approximate surface area is 207 Å². The lowest BCUT2D eigenvalue weighted by atomic mass is 9.54. The van der Waals surface area contributed by atoms with Gasteiger partial charge in [-0.15, -0.1) is 0 Å². The van der Waals surface area contributed by atoms with E-state index in [2.05, 4.69) is 31.9 Å². The van der Waals surface area contributed by atoms with Gasteiger partial charge in [-0.1, -0.05) is 86.5 Å². The molecule has 0 saturated carbocycles. The number of hydrogen-bond acceptors (Lipinski definition) is 4.